The van der Waals surface area contributed by atoms with Crippen LogP contribution in [0.4, 0.5) is 0 Å². The van der Waals surface area contributed by atoms with Crippen LogP contribution in [0.1, 0.15) is 20.4 Å². The van der Waals surface area contributed by atoms with Crippen LogP contribution in [0.2, 0.25) is 0 Å². The second-order valence-electron chi connectivity index (χ2n) is 2.23. The number of aromatic nitrogens is 1. The number of hydrogen-bond acceptors (Lipinski definition) is 3. The Morgan fingerprint density at radius 2 is 2.27 bits per heavy atom. The summed E-state index contributed by atoms with van der Waals surface area (Å²) in [6.45, 7) is 7.24. The number of thiazole rings is 1. The van der Waals surface area contributed by atoms with E-state index in [0.29, 0.717) is 5.01 Å². The number of rotatable bonds is 2. The lowest BCUT2D eigenvalue weighted by molar-refractivity contribution is 0.104. The van der Waals surface area contributed by atoms with Gasteiger partial charge >= 0.3 is 0 Å². The highest BCUT2D eigenvalue weighted by Gasteiger charge is 2.07. The highest BCUT2D eigenvalue weighted by molar-refractivity contribution is 7.13. The average molecular weight is 167 g/mol. The van der Waals surface area contributed by atoms with Crippen molar-refractivity contribution in [2.45, 2.75) is 13.8 Å². The molecule has 1 rings (SSSR count). The Morgan fingerprint density at radius 1 is 1.64 bits per heavy atom. The van der Waals surface area contributed by atoms with Crippen LogP contribution in [0.5, 0.6) is 0 Å². The molecule has 0 aliphatic rings. The highest BCUT2D eigenvalue weighted by Crippen LogP contribution is 2.16. The third-order valence-electron chi connectivity index (χ3n) is 1.42. The van der Waals surface area contributed by atoms with E-state index >= 15 is 0 Å². The fraction of sp³-hybridized carbons (Fsp3) is 0.250. The molecule has 3 heteroatoms. The first-order chi connectivity index (χ1) is 5.15. The van der Waals surface area contributed by atoms with Crippen molar-refractivity contribution in [3.63, 3.8) is 0 Å². The Labute approximate surface area is 69.6 Å². The number of carbonyl (C=O) groups is 1. The molecule has 0 saturated carbocycles. The molecule has 0 N–H and O–H groups in total. The van der Waals surface area contributed by atoms with E-state index in [2.05, 4.69) is 11.6 Å². The van der Waals surface area contributed by atoms with Gasteiger partial charge in [0.15, 0.2) is 5.01 Å². The molecule has 0 aromatic carbocycles. The average Bonchev–Trinajstić information content (AvgIpc) is 2.31. The van der Waals surface area contributed by atoms with Crippen LogP contribution in [0.3, 0.4) is 0 Å². The molecule has 1 aromatic rings. The van der Waals surface area contributed by atoms with Gasteiger partial charge in [0.2, 0.25) is 5.78 Å². The molecule has 0 aliphatic heterocycles. The summed E-state index contributed by atoms with van der Waals surface area (Å²) in [7, 11) is 0. The van der Waals surface area contributed by atoms with E-state index in [1.165, 1.54) is 17.4 Å². The minimum atomic E-state index is -0.0915. The van der Waals surface area contributed by atoms with Crippen molar-refractivity contribution in [1.29, 1.82) is 0 Å². The first-order valence-electron chi connectivity index (χ1n) is 3.26. The maximum atomic E-state index is 11.0. The van der Waals surface area contributed by atoms with Gasteiger partial charge in [-0.25, -0.2) is 4.98 Å². The predicted molar refractivity (Wildman–Crippen MR) is 46.1 cm³/mol. The maximum Gasteiger partial charge on any atom is 0.213 e. The summed E-state index contributed by atoms with van der Waals surface area (Å²) in [4.78, 5) is 16.2. The van der Waals surface area contributed by atoms with Crippen molar-refractivity contribution in [3.05, 3.63) is 28.2 Å². The van der Waals surface area contributed by atoms with Gasteiger partial charge in [-0.2, -0.15) is 0 Å². The zero-order chi connectivity index (χ0) is 8.43. The standard InChI is InChI=1S/C8H9NOS/c1-4-7(10)8-9-5(2)6(3)11-8/h4H,1H2,2-3H3. The van der Waals surface area contributed by atoms with E-state index in [0.717, 1.165) is 10.6 Å². The molecule has 0 saturated heterocycles. The molecule has 1 heterocycles. The molecule has 0 aliphatic carbocycles. The monoisotopic (exact) mass is 167 g/mol. The highest BCUT2D eigenvalue weighted by atomic mass is 32.1. The topological polar surface area (TPSA) is 30.0 Å². The molecule has 58 valence electrons. The maximum absolute atomic E-state index is 11.0. The lowest BCUT2D eigenvalue weighted by Gasteiger charge is -1.81. The number of aryl methyl sites for hydroxylation is 2. The molecule has 0 bridgehead atoms. The fourth-order valence-corrected chi connectivity index (χ4v) is 1.52. The van der Waals surface area contributed by atoms with Crippen LogP contribution < -0.4 is 0 Å². The lowest BCUT2D eigenvalue weighted by atomic mass is 10.4. The van der Waals surface area contributed by atoms with E-state index in [9.17, 15) is 4.79 Å². The molecule has 0 amide bonds. The van der Waals surface area contributed by atoms with E-state index in [1.807, 2.05) is 13.8 Å². The second-order valence-corrected chi connectivity index (χ2v) is 3.43. The van der Waals surface area contributed by atoms with E-state index in [1.54, 1.807) is 0 Å². The fourth-order valence-electron chi connectivity index (χ4n) is 0.665. The first-order valence-corrected chi connectivity index (χ1v) is 4.07. The zero-order valence-electron chi connectivity index (χ0n) is 6.55. The van der Waals surface area contributed by atoms with Gasteiger partial charge < -0.3 is 0 Å². The van der Waals surface area contributed by atoms with Gasteiger partial charge in [0.25, 0.3) is 0 Å². The summed E-state index contributed by atoms with van der Waals surface area (Å²) in [5.41, 5.74) is 0.931. The van der Waals surface area contributed by atoms with Crippen molar-refractivity contribution in [2.24, 2.45) is 0 Å². The van der Waals surface area contributed by atoms with Crippen LogP contribution in [-0.4, -0.2) is 10.8 Å². The third-order valence-corrected chi connectivity index (χ3v) is 2.51. The molecule has 11 heavy (non-hydrogen) atoms. The SMILES string of the molecule is C=CC(=O)c1nc(C)c(C)s1. The quantitative estimate of drug-likeness (QED) is 0.499. The van der Waals surface area contributed by atoms with Crippen molar-refractivity contribution in [2.75, 3.05) is 0 Å². The van der Waals surface area contributed by atoms with E-state index in [-0.39, 0.29) is 5.78 Å². The zero-order valence-corrected chi connectivity index (χ0v) is 7.36. The molecular formula is C8H9NOS. The normalized spacial score (nSPS) is 9.64. The lowest BCUT2D eigenvalue weighted by Crippen LogP contribution is -1.91. The Bertz CT molecular complexity index is 282. The number of ketones is 1. The Kier molecular flexibility index (Phi) is 2.19. The van der Waals surface area contributed by atoms with E-state index < -0.39 is 0 Å². The Morgan fingerprint density at radius 3 is 2.64 bits per heavy atom. The largest absolute Gasteiger partial charge is 0.287 e. The molecule has 0 spiro atoms. The van der Waals surface area contributed by atoms with Crippen molar-refractivity contribution in [1.82, 2.24) is 4.98 Å². The van der Waals surface area contributed by atoms with Crippen LogP contribution in [0, 0.1) is 13.8 Å². The van der Waals surface area contributed by atoms with Crippen LogP contribution in [-0.2, 0) is 0 Å². The molecule has 2 nitrogen and oxygen atoms in total. The van der Waals surface area contributed by atoms with Gasteiger partial charge in [-0.05, 0) is 19.9 Å². The van der Waals surface area contributed by atoms with Gasteiger partial charge in [0, 0.05) is 4.88 Å². The summed E-state index contributed by atoms with van der Waals surface area (Å²) >= 11 is 1.42. The summed E-state index contributed by atoms with van der Waals surface area (Å²) in [6.07, 6.45) is 1.29. The minimum absolute atomic E-state index is 0.0915. The Balaban J connectivity index is 3.06. The molecule has 0 unspecified atom stereocenters. The molecule has 0 atom stereocenters. The van der Waals surface area contributed by atoms with Gasteiger partial charge in [-0.3, -0.25) is 4.79 Å². The van der Waals surface area contributed by atoms with Crippen molar-refractivity contribution >= 4 is 17.1 Å². The molecule has 0 fully saturated rings. The van der Waals surface area contributed by atoms with Crippen molar-refractivity contribution < 1.29 is 4.79 Å². The van der Waals surface area contributed by atoms with Gasteiger partial charge in [-0.1, -0.05) is 6.58 Å². The number of carbonyl (C=O) groups excluding carboxylic acids is 1. The van der Waals surface area contributed by atoms with Crippen LogP contribution in [0.15, 0.2) is 12.7 Å². The summed E-state index contributed by atoms with van der Waals surface area (Å²) < 4.78 is 0. The first kappa shape index (κ1) is 8.14. The van der Waals surface area contributed by atoms with E-state index in [4.69, 9.17) is 0 Å². The van der Waals surface area contributed by atoms with Crippen molar-refractivity contribution in [3.8, 4) is 0 Å². The molecule has 1 aromatic heterocycles. The summed E-state index contributed by atoms with van der Waals surface area (Å²) in [6, 6.07) is 0. The molecular weight excluding hydrogens is 158 g/mol. The summed E-state index contributed by atoms with van der Waals surface area (Å²) in [5.74, 6) is -0.0915. The number of allylic oxidation sites excluding steroid dienone is 1. The van der Waals surface area contributed by atoms with Gasteiger partial charge in [0.1, 0.15) is 0 Å². The second kappa shape index (κ2) is 2.96. The predicted octanol–water partition coefficient (Wildman–Crippen LogP) is 2.13. The Hall–Kier alpha value is -0.960. The number of nitrogens with zero attached hydrogens (tertiary/aromatic N) is 1. The number of hydrogen-bond donors (Lipinski definition) is 0. The van der Waals surface area contributed by atoms with Gasteiger partial charge in [0.05, 0.1) is 5.69 Å². The third kappa shape index (κ3) is 1.54. The minimum Gasteiger partial charge on any atom is -0.287 e. The molecule has 0 radical (unpaired) electrons. The van der Waals surface area contributed by atoms with Crippen LogP contribution >= 0.6 is 11.3 Å². The van der Waals surface area contributed by atoms with Crippen LogP contribution in [0.25, 0.3) is 0 Å². The van der Waals surface area contributed by atoms with Gasteiger partial charge in [-0.15, -0.1) is 11.3 Å². The smallest absolute Gasteiger partial charge is 0.213 e. The summed E-state index contributed by atoms with van der Waals surface area (Å²) in [5, 5.41) is 0.537.